The van der Waals surface area contributed by atoms with Gasteiger partial charge in [-0.05, 0) is 84.6 Å². The van der Waals surface area contributed by atoms with Crippen LogP contribution in [0.25, 0.3) is 23.3 Å². The Kier molecular flexibility index (Phi) is 8.06. The molecule has 31 heavy (non-hydrogen) atoms. The summed E-state index contributed by atoms with van der Waals surface area (Å²) in [6.07, 6.45) is 8.47. The minimum Gasteiger partial charge on any atom is -0.298 e. The summed E-state index contributed by atoms with van der Waals surface area (Å²) in [7, 11) is 2.14. The van der Waals surface area contributed by atoms with Crippen molar-refractivity contribution in [3.8, 4) is 23.0 Å². The first-order valence-corrected chi connectivity index (χ1v) is 11.6. The summed E-state index contributed by atoms with van der Waals surface area (Å²) in [6.45, 7) is 8.17. The molecular formula is C29H31NS. The molecule has 2 heteroatoms. The first kappa shape index (κ1) is 22.8. The van der Waals surface area contributed by atoms with Gasteiger partial charge in [-0.15, -0.1) is 0 Å². The standard InChI is InChI=1S/C29H31NS/c1-29(2,3)17-6-5-7-18-30(4)22-26-12-8-10-24(20-26)14-15-25-11-9-13-27(21-25)28-16-19-31-23-28/h5,7-16,19-21,23H,18,22H2,1-4H3/b7-5?,15-14+. The molecule has 0 unspecified atom stereocenters. The summed E-state index contributed by atoms with van der Waals surface area (Å²) in [5.41, 5.74) is 6.34. The van der Waals surface area contributed by atoms with Crippen molar-refractivity contribution >= 4 is 23.5 Å². The maximum atomic E-state index is 3.23. The van der Waals surface area contributed by atoms with E-state index in [1.165, 1.54) is 27.8 Å². The fourth-order valence-electron chi connectivity index (χ4n) is 3.16. The molecule has 158 valence electrons. The zero-order valence-corrected chi connectivity index (χ0v) is 19.7. The van der Waals surface area contributed by atoms with Crippen LogP contribution in [0.2, 0.25) is 0 Å². The maximum absolute atomic E-state index is 3.23. The molecule has 3 rings (SSSR count). The topological polar surface area (TPSA) is 3.24 Å². The quantitative estimate of drug-likeness (QED) is 0.278. The number of hydrogen-bond acceptors (Lipinski definition) is 2. The summed E-state index contributed by atoms with van der Waals surface area (Å²) in [6, 6.07) is 19.6. The molecule has 0 aliphatic rings. The summed E-state index contributed by atoms with van der Waals surface area (Å²) in [5, 5.41) is 4.31. The van der Waals surface area contributed by atoms with E-state index in [4.69, 9.17) is 0 Å². The zero-order valence-electron chi connectivity index (χ0n) is 18.9. The van der Waals surface area contributed by atoms with Crippen LogP contribution < -0.4 is 0 Å². The number of rotatable bonds is 7. The second-order valence-corrected chi connectivity index (χ2v) is 9.61. The molecule has 0 saturated carbocycles. The molecule has 0 fully saturated rings. The van der Waals surface area contributed by atoms with E-state index in [1.54, 1.807) is 11.3 Å². The number of benzene rings is 2. The molecule has 2 aromatic carbocycles. The molecule has 0 aliphatic heterocycles. The zero-order chi connectivity index (χ0) is 22.1. The van der Waals surface area contributed by atoms with Gasteiger partial charge in [-0.25, -0.2) is 0 Å². The summed E-state index contributed by atoms with van der Waals surface area (Å²) in [5.74, 6) is 6.36. The van der Waals surface area contributed by atoms with Gasteiger partial charge in [-0.2, -0.15) is 11.3 Å². The van der Waals surface area contributed by atoms with E-state index in [0.29, 0.717) is 0 Å². The highest BCUT2D eigenvalue weighted by molar-refractivity contribution is 7.08. The Balaban J connectivity index is 1.59. The molecule has 0 bridgehead atoms. The fourth-order valence-corrected chi connectivity index (χ4v) is 3.83. The molecule has 0 spiro atoms. The molecule has 0 aliphatic carbocycles. The Hall–Kier alpha value is -2.86. The number of allylic oxidation sites excluding steroid dienone is 1. The predicted molar refractivity (Wildman–Crippen MR) is 138 cm³/mol. The van der Waals surface area contributed by atoms with Crippen molar-refractivity contribution in [1.82, 2.24) is 4.90 Å². The highest BCUT2D eigenvalue weighted by atomic mass is 32.1. The third-order valence-electron chi connectivity index (χ3n) is 4.68. The summed E-state index contributed by atoms with van der Waals surface area (Å²) in [4.78, 5) is 2.29. The fraction of sp³-hybridized carbons (Fsp3) is 0.241. The third-order valence-corrected chi connectivity index (χ3v) is 5.36. The predicted octanol–water partition coefficient (Wildman–Crippen LogP) is 7.62. The first-order valence-electron chi connectivity index (χ1n) is 10.6. The highest BCUT2D eigenvalue weighted by Gasteiger charge is 2.03. The average molecular weight is 426 g/mol. The van der Waals surface area contributed by atoms with Gasteiger partial charge in [0.25, 0.3) is 0 Å². The van der Waals surface area contributed by atoms with Crippen LogP contribution in [0, 0.1) is 17.3 Å². The van der Waals surface area contributed by atoms with Crippen LogP contribution in [0.4, 0.5) is 0 Å². The Morgan fingerprint density at radius 1 is 0.935 bits per heavy atom. The minimum atomic E-state index is 0.0510. The Morgan fingerprint density at radius 3 is 2.39 bits per heavy atom. The van der Waals surface area contributed by atoms with E-state index in [0.717, 1.165) is 13.1 Å². The summed E-state index contributed by atoms with van der Waals surface area (Å²) < 4.78 is 0. The van der Waals surface area contributed by atoms with Gasteiger partial charge >= 0.3 is 0 Å². The minimum absolute atomic E-state index is 0.0510. The smallest absolute Gasteiger partial charge is 0.0234 e. The van der Waals surface area contributed by atoms with Gasteiger partial charge in [0.2, 0.25) is 0 Å². The van der Waals surface area contributed by atoms with Gasteiger partial charge in [-0.1, -0.05) is 72.5 Å². The van der Waals surface area contributed by atoms with Crippen molar-refractivity contribution in [2.24, 2.45) is 5.41 Å². The van der Waals surface area contributed by atoms with Crippen molar-refractivity contribution in [2.45, 2.75) is 27.3 Å². The molecular weight excluding hydrogens is 394 g/mol. The van der Waals surface area contributed by atoms with Crippen LogP contribution >= 0.6 is 11.3 Å². The second kappa shape index (κ2) is 11.0. The number of nitrogens with zero attached hydrogens (tertiary/aromatic N) is 1. The molecule has 0 radical (unpaired) electrons. The maximum Gasteiger partial charge on any atom is 0.0234 e. The highest BCUT2D eigenvalue weighted by Crippen LogP contribution is 2.23. The normalized spacial score (nSPS) is 11.9. The van der Waals surface area contributed by atoms with Crippen molar-refractivity contribution in [3.05, 3.63) is 94.2 Å². The van der Waals surface area contributed by atoms with Gasteiger partial charge in [0.05, 0.1) is 0 Å². The Labute approximate surface area is 191 Å². The van der Waals surface area contributed by atoms with Crippen LogP contribution in [0.15, 0.2) is 77.5 Å². The van der Waals surface area contributed by atoms with Gasteiger partial charge in [0.15, 0.2) is 0 Å². The van der Waals surface area contributed by atoms with E-state index < -0.39 is 0 Å². The molecule has 0 N–H and O–H groups in total. The average Bonchev–Trinajstić information content (AvgIpc) is 3.27. The summed E-state index contributed by atoms with van der Waals surface area (Å²) >= 11 is 1.73. The van der Waals surface area contributed by atoms with E-state index >= 15 is 0 Å². The van der Waals surface area contributed by atoms with E-state index in [9.17, 15) is 0 Å². The molecule has 0 amide bonds. The SMILES string of the molecule is CN(CC=CC#CC(C)(C)C)Cc1cccc(/C=C/c2cccc(-c3ccsc3)c2)c1. The molecule has 0 atom stereocenters. The van der Waals surface area contributed by atoms with Crippen molar-refractivity contribution in [1.29, 1.82) is 0 Å². The number of likely N-dealkylation sites (N-methyl/N-ethyl adjacent to an activating group) is 1. The van der Waals surface area contributed by atoms with Gasteiger partial charge < -0.3 is 0 Å². The number of hydrogen-bond donors (Lipinski definition) is 0. The van der Waals surface area contributed by atoms with Gasteiger partial charge in [-0.3, -0.25) is 4.90 Å². The van der Waals surface area contributed by atoms with E-state index in [-0.39, 0.29) is 5.41 Å². The van der Waals surface area contributed by atoms with Gasteiger partial charge in [0.1, 0.15) is 0 Å². The van der Waals surface area contributed by atoms with Crippen LogP contribution in [0.3, 0.4) is 0 Å². The van der Waals surface area contributed by atoms with E-state index in [1.807, 2.05) is 6.08 Å². The lowest BCUT2D eigenvalue weighted by Gasteiger charge is -2.14. The van der Waals surface area contributed by atoms with Crippen molar-refractivity contribution in [2.75, 3.05) is 13.6 Å². The van der Waals surface area contributed by atoms with Crippen LogP contribution in [0.5, 0.6) is 0 Å². The van der Waals surface area contributed by atoms with Crippen LogP contribution in [-0.4, -0.2) is 18.5 Å². The Bertz CT molecular complexity index is 1090. The van der Waals surface area contributed by atoms with E-state index in [2.05, 4.69) is 128 Å². The van der Waals surface area contributed by atoms with Gasteiger partial charge in [0, 0.05) is 18.5 Å². The van der Waals surface area contributed by atoms with Crippen LogP contribution in [-0.2, 0) is 6.54 Å². The molecule has 0 saturated heterocycles. The van der Waals surface area contributed by atoms with Crippen LogP contribution in [0.1, 0.15) is 37.5 Å². The first-order chi connectivity index (χ1) is 14.9. The number of thiophene rings is 1. The third kappa shape index (κ3) is 8.06. The largest absolute Gasteiger partial charge is 0.298 e. The van der Waals surface area contributed by atoms with Crippen molar-refractivity contribution in [3.63, 3.8) is 0 Å². The monoisotopic (exact) mass is 425 g/mol. The Morgan fingerprint density at radius 2 is 1.68 bits per heavy atom. The lowest BCUT2D eigenvalue weighted by Crippen LogP contribution is -2.17. The molecule has 1 heterocycles. The lowest BCUT2D eigenvalue weighted by molar-refractivity contribution is 0.363. The molecule has 1 nitrogen and oxygen atoms in total. The lowest BCUT2D eigenvalue weighted by atomic mass is 9.98. The molecule has 3 aromatic rings. The second-order valence-electron chi connectivity index (χ2n) is 8.83. The van der Waals surface area contributed by atoms with Crippen molar-refractivity contribution < 1.29 is 0 Å². The molecule has 1 aromatic heterocycles.